The van der Waals surface area contributed by atoms with E-state index in [1.54, 1.807) is 9.80 Å². The second kappa shape index (κ2) is 9.85. The number of imidazole rings is 1. The highest BCUT2D eigenvalue weighted by Crippen LogP contribution is 2.38. The Bertz CT molecular complexity index is 1030. The van der Waals surface area contributed by atoms with Gasteiger partial charge in [0, 0.05) is 31.9 Å². The van der Waals surface area contributed by atoms with Crippen LogP contribution in [0.25, 0.3) is 0 Å². The van der Waals surface area contributed by atoms with Crippen LogP contribution in [0.15, 0.2) is 30.3 Å². The van der Waals surface area contributed by atoms with Gasteiger partial charge in [0.05, 0.1) is 0 Å². The van der Waals surface area contributed by atoms with Crippen molar-refractivity contribution in [1.29, 1.82) is 0 Å². The Morgan fingerprint density at radius 1 is 1.18 bits per heavy atom. The number of likely N-dealkylation sites (tertiary alicyclic amines) is 1. The van der Waals surface area contributed by atoms with Gasteiger partial charge in [-0.05, 0) is 39.2 Å². The first-order valence-corrected chi connectivity index (χ1v) is 10.9. The van der Waals surface area contributed by atoms with E-state index in [-0.39, 0.29) is 24.3 Å². The maximum absolute atomic E-state index is 13.3. The summed E-state index contributed by atoms with van der Waals surface area (Å²) in [4.78, 5) is 59.8. The van der Waals surface area contributed by atoms with Crippen LogP contribution in [0.3, 0.4) is 0 Å². The number of benzene rings is 1. The number of hydrogen-bond acceptors (Lipinski definition) is 5. The van der Waals surface area contributed by atoms with E-state index in [0.29, 0.717) is 50.5 Å². The third kappa shape index (κ3) is 4.46. The number of rotatable bonds is 4. The molecule has 4 amide bonds. The molecule has 2 fully saturated rings. The van der Waals surface area contributed by atoms with Crippen LogP contribution < -0.4 is 0 Å². The number of nitrogens with one attached hydrogen (secondary N) is 1. The third-order valence-corrected chi connectivity index (χ3v) is 6.20. The topological polar surface area (TPSA) is 127 Å². The molecule has 0 radical (unpaired) electrons. The van der Waals surface area contributed by atoms with Crippen molar-refractivity contribution in [2.75, 3.05) is 19.6 Å². The van der Waals surface area contributed by atoms with Crippen LogP contribution >= 0.6 is 0 Å². The van der Waals surface area contributed by atoms with Gasteiger partial charge in [0.15, 0.2) is 0 Å². The van der Waals surface area contributed by atoms with Crippen LogP contribution in [0.4, 0.5) is 4.79 Å². The number of H-pyrrole nitrogens is 1. The summed E-state index contributed by atoms with van der Waals surface area (Å²) in [5, 5.41) is 6.89. The average molecular weight is 456 g/mol. The molecule has 10 heteroatoms. The molecule has 10 nitrogen and oxygen atoms in total. The lowest BCUT2D eigenvalue weighted by atomic mass is 9.85. The SMILES string of the molecule is CCN1C(=O)N(Cc2ccccc2)C2(CCN(C(=O)c3nc(C)[nH]c3C)CC2)C1=O.O=CO. The quantitative estimate of drug-likeness (QED) is 0.537. The summed E-state index contributed by atoms with van der Waals surface area (Å²) in [5.74, 6) is 0.420. The molecular formula is C23H29N5O5. The molecule has 0 saturated carbocycles. The summed E-state index contributed by atoms with van der Waals surface area (Å²) < 4.78 is 0. The number of imide groups is 1. The predicted octanol–water partition coefficient (Wildman–Crippen LogP) is 2.19. The van der Waals surface area contributed by atoms with Crippen molar-refractivity contribution in [3.05, 3.63) is 53.1 Å². The van der Waals surface area contributed by atoms with Gasteiger partial charge < -0.3 is 19.9 Å². The normalized spacial score (nSPS) is 17.2. The number of carbonyl (C=O) groups excluding carboxylic acids is 3. The summed E-state index contributed by atoms with van der Waals surface area (Å²) in [7, 11) is 0. The van der Waals surface area contributed by atoms with E-state index in [2.05, 4.69) is 9.97 Å². The van der Waals surface area contributed by atoms with Crippen molar-refractivity contribution in [3.8, 4) is 0 Å². The Kier molecular flexibility index (Phi) is 7.15. The minimum atomic E-state index is -0.893. The number of urea groups is 1. The molecule has 2 aliphatic rings. The lowest BCUT2D eigenvalue weighted by Crippen LogP contribution is -2.57. The lowest BCUT2D eigenvalue weighted by molar-refractivity contribution is -0.135. The van der Waals surface area contributed by atoms with Crippen molar-refractivity contribution < 1.29 is 24.3 Å². The van der Waals surface area contributed by atoms with Crippen molar-refractivity contribution >= 4 is 24.3 Å². The first-order chi connectivity index (χ1) is 15.8. The molecule has 3 heterocycles. The maximum Gasteiger partial charge on any atom is 0.327 e. The molecule has 0 bridgehead atoms. The second-order valence-electron chi connectivity index (χ2n) is 8.13. The molecule has 2 saturated heterocycles. The van der Waals surface area contributed by atoms with Crippen molar-refractivity contribution in [2.45, 2.75) is 45.7 Å². The van der Waals surface area contributed by atoms with Gasteiger partial charge in [-0.1, -0.05) is 30.3 Å². The van der Waals surface area contributed by atoms with E-state index in [9.17, 15) is 14.4 Å². The van der Waals surface area contributed by atoms with Gasteiger partial charge in [-0.2, -0.15) is 0 Å². The van der Waals surface area contributed by atoms with Crippen LogP contribution in [0.1, 0.15) is 47.3 Å². The monoisotopic (exact) mass is 455 g/mol. The Hall–Kier alpha value is -3.69. The Balaban J connectivity index is 0.000000968. The smallest absolute Gasteiger partial charge is 0.327 e. The second-order valence-corrected chi connectivity index (χ2v) is 8.13. The molecule has 1 spiro atoms. The lowest BCUT2D eigenvalue weighted by Gasteiger charge is -2.42. The first kappa shape index (κ1) is 24.0. The number of aryl methyl sites for hydroxylation is 2. The standard InChI is InChI=1S/C22H27N5O3.CH2O2/c1-4-26-20(29)22(27(21(26)30)14-17-8-6-5-7-9-17)10-12-25(13-11-22)19(28)18-15(2)23-16(3)24-18;2-1-3/h5-9H,4,10-14H2,1-3H3,(H,23,24);1H,(H,2,3). The molecule has 4 rings (SSSR count). The van der Waals surface area contributed by atoms with Crippen LogP contribution in [0.5, 0.6) is 0 Å². The van der Waals surface area contributed by atoms with Gasteiger partial charge in [0.1, 0.15) is 17.1 Å². The molecule has 2 aliphatic heterocycles. The van der Waals surface area contributed by atoms with Crippen molar-refractivity contribution in [1.82, 2.24) is 24.7 Å². The average Bonchev–Trinajstić information content (AvgIpc) is 3.24. The highest BCUT2D eigenvalue weighted by atomic mass is 16.3. The van der Waals surface area contributed by atoms with Gasteiger partial charge in [0.2, 0.25) is 0 Å². The Morgan fingerprint density at radius 3 is 2.30 bits per heavy atom. The summed E-state index contributed by atoms with van der Waals surface area (Å²) in [6.45, 7) is 6.76. The van der Waals surface area contributed by atoms with Gasteiger partial charge in [-0.15, -0.1) is 0 Å². The molecule has 0 aliphatic carbocycles. The fourth-order valence-corrected chi connectivity index (χ4v) is 4.58. The minimum Gasteiger partial charge on any atom is -0.483 e. The number of carboxylic acid groups (broad SMARTS) is 1. The number of likely N-dealkylation sites (N-methyl/N-ethyl adjacent to an activating group) is 1. The highest BCUT2D eigenvalue weighted by molar-refractivity contribution is 6.07. The van der Waals surface area contributed by atoms with Gasteiger partial charge in [-0.3, -0.25) is 19.3 Å². The molecule has 2 N–H and O–H groups in total. The molecule has 176 valence electrons. The minimum absolute atomic E-state index is 0.134. The summed E-state index contributed by atoms with van der Waals surface area (Å²) in [5.41, 5.74) is 1.26. The maximum atomic E-state index is 13.3. The van der Waals surface area contributed by atoms with E-state index in [1.807, 2.05) is 51.1 Å². The summed E-state index contributed by atoms with van der Waals surface area (Å²) >= 11 is 0. The number of carbonyl (C=O) groups is 4. The molecule has 33 heavy (non-hydrogen) atoms. The van der Waals surface area contributed by atoms with E-state index in [1.165, 1.54) is 4.90 Å². The number of piperidine rings is 1. The van der Waals surface area contributed by atoms with Crippen LogP contribution in [-0.2, 0) is 16.1 Å². The van der Waals surface area contributed by atoms with Crippen LogP contribution in [0.2, 0.25) is 0 Å². The zero-order valence-corrected chi connectivity index (χ0v) is 19.1. The Morgan fingerprint density at radius 2 is 1.79 bits per heavy atom. The molecular weight excluding hydrogens is 426 g/mol. The molecule has 0 atom stereocenters. The van der Waals surface area contributed by atoms with Gasteiger partial charge in [-0.25, -0.2) is 9.78 Å². The zero-order chi connectivity index (χ0) is 24.2. The van der Waals surface area contributed by atoms with Crippen LogP contribution in [0, 0.1) is 13.8 Å². The molecule has 1 aromatic heterocycles. The largest absolute Gasteiger partial charge is 0.483 e. The highest BCUT2D eigenvalue weighted by Gasteiger charge is 2.57. The number of aromatic nitrogens is 2. The van der Waals surface area contributed by atoms with Crippen LogP contribution in [-0.4, -0.2) is 79.3 Å². The first-order valence-electron chi connectivity index (χ1n) is 10.9. The zero-order valence-electron chi connectivity index (χ0n) is 19.1. The number of nitrogens with zero attached hydrogens (tertiary/aromatic N) is 4. The number of hydrogen-bond donors (Lipinski definition) is 2. The predicted molar refractivity (Wildman–Crippen MR) is 119 cm³/mol. The molecule has 2 aromatic rings. The van der Waals surface area contributed by atoms with E-state index < -0.39 is 5.54 Å². The molecule has 0 unspecified atom stereocenters. The summed E-state index contributed by atoms with van der Waals surface area (Å²) in [6.07, 6.45) is 0.851. The van der Waals surface area contributed by atoms with Gasteiger partial charge >= 0.3 is 6.03 Å². The Labute approximate surface area is 192 Å². The van der Waals surface area contributed by atoms with Crippen molar-refractivity contribution in [3.63, 3.8) is 0 Å². The van der Waals surface area contributed by atoms with E-state index >= 15 is 0 Å². The number of aromatic amines is 1. The summed E-state index contributed by atoms with van der Waals surface area (Å²) in [6, 6.07) is 9.46. The number of amides is 4. The van der Waals surface area contributed by atoms with E-state index in [0.717, 1.165) is 11.3 Å². The molecule has 1 aromatic carbocycles. The van der Waals surface area contributed by atoms with Crippen molar-refractivity contribution in [2.24, 2.45) is 0 Å². The van der Waals surface area contributed by atoms with Gasteiger partial charge in [0.25, 0.3) is 18.3 Å². The van der Waals surface area contributed by atoms with E-state index in [4.69, 9.17) is 9.90 Å². The fraction of sp³-hybridized carbons (Fsp3) is 0.435. The third-order valence-electron chi connectivity index (χ3n) is 6.20. The fourth-order valence-electron chi connectivity index (χ4n) is 4.58.